The summed E-state index contributed by atoms with van der Waals surface area (Å²) in [6, 6.07) is 15.4. The number of nitrogens with two attached hydrogens (primary N) is 2. The van der Waals surface area contributed by atoms with Crippen LogP contribution in [0.3, 0.4) is 0 Å². The number of aliphatic carboxylic acids is 2. The maximum absolute atomic E-state index is 10.5. The highest BCUT2D eigenvalue weighted by Crippen LogP contribution is 2.08. The number of carboxylic acid groups (broad SMARTS) is 2. The normalized spacial score (nSPS) is 12.4. The van der Waals surface area contributed by atoms with E-state index in [1.807, 2.05) is 61.5 Å². The Morgan fingerprint density at radius 2 is 1.32 bits per heavy atom. The fraction of sp³-hybridized carbons (Fsp3) is 0.263. The summed E-state index contributed by atoms with van der Waals surface area (Å²) in [5.41, 5.74) is 13.8. The topological polar surface area (TPSA) is 127 Å². The Labute approximate surface area is 147 Å². The number of aryl methyl sites for hydroxylation is 1. The summed E-state index contributed by atoms with van der Waals surface area (Å²) in [6.45, 7) is 1.95. The number of carboxylic acids is 2. The van der Waals surface area contributed by atoms with Gasteiger partial charge in [-0.3, -0.25) is 9.59 Å². The van der Waals surface area contributed by atoms with Crippen LogP contribution in [0.4, 0.5) is 0 Å². The second-order valence-corrected chi connectivity index (χ2v) is 5.71. The summed E-state index contributed by atoms with van der Waals surface area (Å²) < 4.78 is 0. The molecule has 0 radical (unpaired) electrons. The molecule has 0 saturated carbocycles. The van der Waals surface area contributed by atoms with Gasteiger partial charge in [-0.05, 0) is 36.5 Å². The second kappa shape index (κ2) is 10.2. The van der Waals surface area contributed by atoms with Crippen LogP contribution in [0.2, 0.25) is 0 Å². The Bertz CT molecular complexity index is 689. The van der Waals surface area contributed by atoms with Crippen LogP contribution in [0, 0.1) is 6.92 Å². The lowest BCUT2D eigenvalue weighted by atomic mass is 10.0. The van der Waals surface area contributed by atoms with Crippen LogP contribution in [0.15, 0.2) is 54.6 Å². The Balaban J connectivity index is 0.000000251. The largest absolute Gasteiger partial charge is 0.480 e. The number of hydrogen-bond donors (Lipinski definition) is 4. The highest BCUT2D eigenvalue weighted by molar-refractivity contribution is 5.74. The van der Waals surface area contributed by atoms with Crippen LogP contribution in [0.1, 0.15) is 16.7 Å². The summed E-state index contributed by atoms with van der Waals surface area (Å²) in [6.07, 6.45) is 0.776. The van der Waals surface area contributed by atoms with E-state index in [2.05, 4.69) is 0 Å². The molecule has 0 aromatic heterocycles. The summed E-state index contributed by atoms with van der Waals surface area (Å²) in [5.74, 6) is -1.91. The lowest BCUT2D eigenvalue weighted by molar-refractivity contribution is -0.139. The van der Waals surface area contributed by atoms with Crippen LogP contribution >= 0.6 is 0 Å². The first-order chi connectivity index (χ1) is 11.8. The van der Waals surface area contributed by atoms with Crippen molar-refractivity contribution in [1.29, 1.82) is 0 Å². The Hall–Kier alpha value is -2.70. The molecule has 0 fully saturated rings. The highest BCUT2D eigenvalue weighted by atomic mass is 16.4. The molecule has 0 spiro atoms. The van der Waals surface area contributed by atoms with Crippen LogP contribution in [0.5, 0.6) is 0 Å². The third-order valence-corrected chi connectivity index (χ3v) is 3.63. The van der Waals surface area contributed by atoms with Crippen molar-refractivity contribution >= 4 is 11.9 Å². The fourth-order valence-corrected chi connectivity index (χ4v) is 2.12. The third kappa shape index (κ3) is 7.60. The van der Waals surface area contributed by atoms with Crippen LogP contribution in [0.25, 0.3) is 0 Å². The number of benzene rings is 2. The molecule has 0 aliphatic rings. The van der Waals surface area contributed by atoms with Gasteiger partial charge in [0.15, 0.2) is 0 Å². The first-order valence-electron chi connectivity index (χ1n) is 7.86. The summed E-state index contributed by atoms with van der Waals surface area (Å²) in [5, 5.41) is 17.1. The van der Waals surface area contributed by atoms with Gasteiger partial charge in [-0.2, -0.15) is 0 Å². The zero-order valence-corrected chi connectivity index (χ0v) is 14.1. The molecule has 2 atom stereocenters. The molecule has 6 N–H and O–H groups in total. The van der Waals surface area contributed by atoms with Gasteiger partial charge < -0.3 is 21.7 Å². The van der Waals surface area contributed by atoms with Gasteiger partial charge >= 0.3 is 11.9 Å². The molecule has 0 bridgehead atoms. The number of rotatable bonds is 6. The van der Waals surface area contributed by atoms with E-state index >= 15 is 0 Å². The molecule has 0 amide bonds. The van der Waals surface area contributed by atoms with Crippen LogP contribution in [-0.2, 0) is 22.4 Å². The van der Waals surface area contributed by atoms with E-state index in [1.165, 1.54) is 0 Å². The summed E-state index contributed by atoms with van der Waals surface area (Å²) >= 11 is 0. The molecule has 0 heterocycles. The van der Waals surface area contributed by atoms with Crippen molar-refractivity contribution in [2.45, 2.75) is 31.8 Å². The smallest absolute Gasteiger partial charge is 0.320 e. The van der Waals surface area contributed by atoms with Gasteiger partial charge in [-0.25, -0.2) is 0 Å². The molecule has 2 unspecified atom stereocenters. The summed E-state index contributed by atoms with van der Waals surface area (Å²) in [4.78, 5) is 20.9. The summed E-state index contributed by atoms with van der Waals surface area (Å²) in [7, 11) is 0. The molecule has 0 aliphatic heterocycles. The van der Waals surface area contributed by atoms with Crippen molar-refractivity contribution in [3.8, 4) is 0 Å². The Morgan fingerprint density at radius 3 is 1.84 bits per heavy atom. The van der Waals surface area contributed by atoms with Crippen LogP contribution < -0.4 is 11.5 Å². The van der Waals surface area contributed by atoms with Crippen molar-refractivity contribution < 1.29 is 19.8 Å². The quantitative estimate of drug-likeness (QED) is 0.630. The highest BCUT2D eigenvalue weighted by Gasteiger charge is 2.12. The lowest BCUT2D eigenvalue weighted by Crippen LogP contribution is -2.32. The average Bonchev–Trinajstić information content (AvgIpc) is 2.58. The number of hydrogen-bond acceptors (Lipinski definition) is 4. The Morgan fingerprint density at radius 1 is 0.840 bits per heavy atom. The van der Waals surface area contributed by atoms with E-state index in [0.29, 0.717) is 12.8 Å². The van der Waals surface area contributed by atoms with E-state index < -0.39 is 24.0 Å². The molecular formula is C19H24N2O4. The fourth-order valence-electron chi connectivity index (χ4n) is 2.12. The first kappa shape index (κ1) is 20.3. The standard InChI is InChI=1S/C10H13NO2.C9H11NO2/c1-7-4-2-3-5-8(7)6-9(11)10(12)13;10-8(9(11)12)6-7-4-2-1-3-5-7/h2-5,9H,6,11H2,1H3,(H,12,13);1-5,8H,6,10H2,(H,11,12). The molecule has 6 heteroatoms. The minimum atomic E-state index is -0.959. The molecule has 134 valence electrons. The van der Waals surface area contributed by atoms with E-state index in [4.69, 9.17) is 21.7 Å². The minimum Gasteiger partial charge on any atom is -0.480 e. The maximum atomic E-state index is 10.5. The van der Waals surface area contributed by atoms with E-state index in [9.17, 15) is 9.59 Å². The monoisotopic (exact) mass is 344 g/mol. The van der Waals surface area contributed by atoms with Crippen molar-refractivity contribution in [1.82, 2.24) is 0 Å². The minimum absolute atomic E-state index is 0.385. The van der Waals surface area contributed by atoms with Gasteiger partial charge in [-0.15, -0.1) is 0 Å². The lowest BCUT2D eigenvalue weighted by Gasteiger charge is -2.08. The second-order valence-electron chi connectivity index (χ2n) is 5.71. The zero-order chi connectivity index (χ0) is 18.8. The molecule has 6 nitrogen and oxygen atoms in total. The molecule has 2 rings (SSSR count). The molecule has 2 aromatic carbocycles. The van der Waals surface area contributed by atoms with Crippen molar-refractivity contribution in [3.63, 3.8) is 0 Å². The molecule has 2 aromatic rings. The van der Waals surface area contributed by atoms with Crippen molar-refractivity contribution in [2.24, 2.45) is 11.5 Å². The molecular weight excluding hydrogens is 320 g/mol. The molecule has 0 aliphatic carbocycles. The van der Waals surface area contributed by atoms with Gasteiger partial charge in [0, 0.05) is 0 Å². The van der Waals surface area contributed by atoms with E-state index in [0.717, 1.165) is 16.7 Å². The predicted molar refractivity (Wildman–Crippen MR) is 96.3 cm³/mol. The van der Waals surface area contributed by atoms with E-state index in [-0.39, 0.29) is 0 Å². The van der Waals surface area contributed by atoms with Gasteiger partial charge in [0.2, 0.25) is 0 Å². The van der Waals surface area contributed by atoms with E-state index in [1.54, 1.807) is 0 Å². The number of carbonyl (C=O) groups is 2. The Kier molecular flexibility index (Phi) is 8.32. The maximum Gasteiger partial charge on any atom is 0.320 e. The third-order valence-electron chi connectivity index (χ3n) is 3.63. The average molecular weight is 344 g/mol. The van der Waals surface area contributed by atoms with Gasteiger partial charge in [0.1, 0.15) is 12.1 Å². The van der Waals surface area contributed by atoms with Crippen LogP contribution in [-0.4, -0.2) is 34.2 Å². The predicted octanol–water partition coefficient (Wildman–Crippen LogP) is 1.59. The van der Waals surface area contributed by atoms with Gasteiger partial charge in [-0.1, -0.05) is 54.6 Å². The zero-order valence-electron chi connectivity index (χ0n) is 14.1. The molecule has 25 heavy (non-hydrogen) atoms. The van der Waals surface area contributed by atoms with Crippen molar-refractivity contribution in [3.05, 3.63) is 71.3 Å². The molecule has 0 saturated heterocycles. The first-order valence-corrected chi connectivity index (χ1v) is 7.86. The van der Waals surface area contributed by atoms with Gasteiger partial charge in [0.25, 0.3) is 0 Å². The van der Waals surface area contributed by atoms with Crippen molar-refractivity contribution in [2.75, 3.05) is 0 Å². The SMILES string of the molecule is Cc1ccccc1CC(N)C(=O)O.NC(Cc1ccccc1)C(=O)O. The van der Waals surface area contributed by atoms with Gasteiger partial charge in [0.05, 0.1) is 0 Å².